The summed E-state index contributed by atoms with van der Waals surface area (Å²) < 4.78 is 74.8. The zero-order chi connectivity index (χ0) is 39.5. The van der Waals surface area contributed by atoms with Gasteiger partial charge in [0, 0.05) is 75.3 Å². The molecular formula is C39H45F4N7O5. The van der Waals surface area contributed by atoms with Crippen LogP contribution in [0.2, 0.25) is 0 Å². The van der Waals surface area contributed by atoms with E-state index in [1.165, 1.54) is 19.2 Å². The van der Waals surface area contributed by atoms with Crippen LogP contribution in [0.3, 0.4) is 0 Å². The van der Waals surface area contributed by atoms with E-state index in [1.54, 1.807) is 24.3 Å². The number of halogens is 4. The first kappa shape index (κ1) is 40.7. The Morgan fingerprint density at radius 1 is 0.927 bits per heavy atom. The Kier molecular flexibility index (Phi) is 14.2. The molecule has 16 heteroatoms. The van der Waals surface area contributed by atoms with Gasteiger partial charge in [-0.2, -0.15) is 4.98 Å². The lowest BCUT2D eigenvalue weighted by molar-refractivity contribution is -0.121. The van der Waals surface area contributed by atoms with Gasteiger partial charge in [-0.05, 0) is 63.1 Å². The lowest BCUT2D eigenvalue weighted by atomic mass is 10.1. The van der Waals surface area contributed by atoms with Crippen LogP contribution in [0.25, 0.3) is 0 Å². The maximum absolute atomic E-state index is 15.1. The molecule has 1 aromatic heterocycles. The molecule has 0 spiro atoms. The van der Waals surface area contributed by atoms with Gasteiger partial charge in [0.2, 0.25) is 17.7 Å². The molecule has 294 valence electrons. The van der Waals surface area contributed by atoms with E-state index in [1.807, 2.05) is 13.8 Å². The number of amides is 2. The van der Waals surface area contributed by atoms with Crippen LogP contribution in [-0.4, -0.2) is 91.1 Å². The topological polar surface area (TPSA) is 130 Å². The highest BCUT2D eigenvalue weighted by molar-refractivity contribution is 6.06. The van der Waals surface area contributed by atoms with Crippen LogP contribution in [0, 0.1) is 23.3 Å². The molecule has 1 fully saturated rings. The second kappa shape index (κ2) is 19.2. The van der Waals surface area contributed by atoms with Gasteiger partial charge < -0.3 is 40.0 Å². The van der Waals surface area contributed by atoms with E-state index in [9.17, 15) is 22.8 Å². The van der Waals surface area contributed by atoms with E-state index < -0.39 is 34.9 Å². The van der Waals surface area contributed by atoms with E-state index in [4.69, 9.17) is 14.2 Å². The van der Waals surface area contributed by atoms with Crippen molar-refractivity contribution in [3.8, 4) is 23.1 Å². The standard InChI is InChI=1S/C39H45F4N7O5/c1-5-24(2)45-35(51)12-8-25-7-10-33(34(19-25)53-4)55-38-28(37(52)47-36-30(42)20-26(40)21-31(36)43)23-44-39(48-38)46-27-9-11-32(29(41)22-27)54-18-6-13-50-16-14-49(3)15-17-50/h7,9-11,19-24H,5-6,8,12-18H2,1-4H3,(H,45,51)(H,47,52)(H,44,46,48)/t24-/m1/s1. The number of aromatic nitrogens is 2. The summed E-state index contributed by atoms with van der Waals surface area (Å²) in [6, 6.07) is 10.0. The number of ether oxygens (including phenoxy) is 3. The van der Waals surface area contributed by atoms with Crippen LogP contribution in [0.1, 0.15) is 49.0 Å². The number of likely N-dealkylation sites (N-methyl/N-ethyl adjacent to an activating group) is 1. The van der Waals surface area contributed by atoms with Gasteiger partial charge in [-0.1, -0.05) is 13.0 Å². The average molecular weight is 768 g/mol. The van der Waals surface area contributed by atoms with Gasteiger partial charge in [0.1, 0.15) is 17.1 Å². The van der Waals surface area contributed by atoms with Gasteiger partial charge in [0.15, 0.2) is 34.7 Å². The Morgan fingerprint density at radius 3 is 2.35 bits per heavy atom. The van der Waals surface area contributed by atoms with Crippen molar-refractivity contribution in [3.05, 3.63) is 89.1 Å². The Balaban J connectivity index is 1.33. The second-order valence-electron chi connectivity index (χ2n) is 13.2. The predicted octanol–water partition coefficient (Wildman–Crippen LogP) is 6.69. The van der Waals surface area contributed by atoms with Crippen molar-refractivity contribution in [1.82, 2.24) is 25.1 Å². The van der Waals surface area contributed by atoms with Gasteiger partial charge >= 0.3 is 0 Å². The first-order valence-corrected chi connectivity index (χ1v) is 18.0. The van der Waals surface area contributed by atoms with Crippen molar-refractivity contribution in [2.75, 3.05) is 64.1 Å². The molecule has 1 atom stereocenters. The first-order valence-electron chi connectivity index (χ1n) is 18.0. The maximum atomic E-state index is 15.1. The fourth-order valence-corrected chi connectivity index (χ4v) is 5.63. The number of hydrogen-bond acceptors (Lipinski definition) is 10. The first-order chi connectivity index (χ1) is 26.4. The van der Waals surface area contributed by atoms with Gasteiger partial charge in [-0.25, -0.2) is 22.5 Å². The lowest BCUT2D eigenvalue weighted by Crippen LogP contribution is -2.44. The fraction of sp³-hybridized carbons (Fsp3) is 0.385. The molecule has 5 rings (SSSR count). The van der Waals surface area contributed by atoms with E-state index in [0.29, 0.717) is 25.2 Å². The number of anilines is 3. The number of nitrogens with zero attached hydrogens (tertiary/aromatic N) is 4. The van der Waals surface area contributed by atoms with E-state index in [0.717, 1.165) is 57.3 Å². The van der Waals surface area contributed by atoms with Crippen LogP contribution in [0.4, 0.5) is 34.9 Å². The number of rotatable bonds is 17. The number of methoxy groups -OCH3 is 1. The molecule has 1 saturated heterocycles. The third-order valence-corrected chi connectivity index (χ3v) is 9.00. The molecule has 2 heterocycles. The number of carbonyl (C=O) groups is 2. The zero-order valence-corrected chi connectivity index (χ0v) is 31.2. The lowest BCUT2D eigenvalue weighted by Gasteiger charge is -2.32. The summed E-state index contributed by atoms with van der Waals surface area (Å²) in [4.78, 5) is 38.8. The predicted molar refractivity (Wildman–Crippen MR) is 199 cm³/mol. The number of nitrogens with one attached hydrogen (secondary N) is 3. The van der Waals surface area contributed by atoms with E-state index in [-0.39, 0.29) is 58.7 Å². The van der Waals surface area contributed by atoms with Crippen molar-refractivity contribution in [2.24, 2.45) is 0 Å². The quantitative estimate of drug-likeness (QED) is 0.0790. The van der Waals surface area contributed by atoms with Crippen molar-refractivity contribution in [2.45, 2.75) is 45.6 Å². The molecule has 2 amide bonds. The molecule has 1 aliphatic heterocycles. The molecule has 3 N–H and O–H groups in total. The average Bonchev–Trinajstić information content (AvgIpc) is 3.15. The molecule has 1 aliphatic rings. The van der Waals surface area contributed by atoms with Gasteiger partial charge in [0.25, 0.3) is 5.91 Å². The van der Waals surface area contributed by atoms with Crippen LogP contribution < -0.4 is 30.2 Å². The van der Waals surface area contributed by atoms with E-state index >= 15 is 4.39 Å². The zero-order valence-electron chi connectivity index (χ0n) is 31.2. The monoisotopic (exact) mass is 767 g/mol. The van der Waals surface area contributed by atoms with Crippen LogP contribution in [0.5, 0.6) is 23.1 Å². The van der Waals surface area contributed by atoms with Crippen LogP contribution >= 0.6 is 0 Å². The summed E-state index contributed by atoms with van der Waals surface area (Å²) in [7, 11) is 3.50. The molecule has 55 heavy (non-hydrogen) atoms. The molecule has 4 aromatic rings. The third kappa shape index (κ3) is 11.5. The van der Waals surface area contributed by atoms with E-state index in [2.05, 4.69) is 42.8 Å². The van der Waals surface area contributed by atoms with Crippen molar-refractivity contribution < 1.29 is 41.4 Å². The summed E-state index contributed by atoms with van der Waals surface area (Å²) in [6.07, 6.45) is 3.23. The van der Waals surface area contributed by atoms with Gasteiger partial charge in [0.05, 0.1) is 13.7 Å². The van der Waals surface area contributed by atoms with Crippen LogP contribution in [0.15, 0.2) is 54.7 Å². The number of piperazine rings is 1. The number of carbonyl (C=O) groups excluding carboxylic acids is 2. The van der Waals surface area contributed by atoms with Crippen molar-refractivity contribution in [1.29, 1.82) is 0 Å². The third-order valence-electron chi connectivity index (χ3n) is 9.00. The maximum Gasteiger partial charge on any atom is 0.262 e. The smallest absolute Gasteiger partial charge is 0.262 e. The highest BCUT2D eigenvalue weighted by Gasteiger charge is 2.23. The summed E-state index contributed by atoms with van der Waals surface area (Å²) in [5.74, 6) is -5.71. The highest BCUT2D eigenvalue weighted by atomic mass is 19.1. The summed E-state index contributed by atoms with van der Waals surface area (Å²) in [5.41, 5.74) is -0.234. The minimum Gasteiger partial charge on any atom is -0.493 e. The SMILES string of the molecule is CC[C@@H](C)NC(=O)CCc1ccc(Oc2nc(Nc3ccc(OCCCN4CCN(C)CC4)c(F)c3)ncc2C(=O)Nc2c(F)cc(F)cc2F)c(OC)c1. The molecule has 0 saturated carbocycles. The number of hydrogen-bond donors (Lipinski definition) is 3. The molecule has 0 radical (unpaired) electrons. The Hall–Kier alpha value is -5.48. The summed E-state index contributed by atoms with van der Waals surface area (Å²) in [5, 5.41) is 7.86. The number of benzene rings is 3. The molecule has 3 aromatic carbocycles. The van der Waals surface area contributed by atoms with Gasteiger partial charge in [-0.15, -0.1) is 0 Å². The fourth-order valence-electron chi connectivity index (χ4n) is 5.63. The van der Waals surface area contributed by atoms with Crippen molar-refractivity contribution in [3.63, 3.8) is 0 Å². The normalized spacial score (nSPS) is 13.9. The molecule has 0 unspecified atom stereocenters. The van der Waals surface area contributed by atoms with Gasteiger partial charge in [-0.3, -0.25) is 9.59 Å². The Labute approximate surface area is 317 Å². The Bertz CT molecular complexity index is 1940. The summed E-state index contributed by atoms with van der Waals surface area (Å²) >= 11 is 0. The van der Waals surface area contributed by atoms with Crippen LogP contribution in [-0.2, 0) is 11.2 Å². The summed E-state index contributed by atoms with van der Waals surface area (Å²) in [6.45, 7) is 9.08. The molecule has 0 bridgehead atoms. The second-order valence-corrected chi connectivity index (χ2v) is 13.2. The molecule has 12 nitrogen and oxygen atoms in total. The highest BCUT2D eigenvalue weighted by Crippen LogP contribution is 2.35. The number of aryl methyl sites for hydroxylation is 1. The minimum atomic E-state index is -1.34. The van der Waals surface area contributed by atoms with Crippen molar-refractivity contribution >= 4 is 29.1 Å². The largest absolute Gasteiger partial charge is 0.493 e. The minimum absolute atomic E-state index is 0.0483. The molecular weight excluding hydrogens is 722 g/mol. The molecule has 0 aliphatic carbocycles. The Morgan fingerprint density at radius 2 is 1.65 bits per heavy atom.